The maximum absolute atomic E-state index is 13.4. The molecule has 0 aliphatic carbocycles. The molecular formula is C11H8ClFN4O. The van der Waals surface area contributed by atoms with Crippen molar-refractivity contribution < 1.29 is 9.18 Å². The third kappa shape index (κ3) is 2.72. The van der Waals surface area contributed by atoms with Gasteiger partial charge in [-0.25, -0.2) is 4.39 Å². The van der Waals surface area contributed by atoms with Gasteiger partial charge in [0, 0.05) is 5.02 Å². The van der Waals surface area contributed by atoms with E-state index in [1.54, 1.807) is 0 Å². The Balaban J connectivity index is 2.21. The Bertz CT molecular complexity index is 588. The summed E-state index contributed by atoms with van der Waals surface area (Å²) >= 11 is 5.70. The predicted molar refractivity (Wildman–Crippen MR) is 65.8 cm³/mol. The smallest absolute Gasteiger partial charge is 0.276 e. The van der Waals surface area contributed by atoms with E-state index in [-0.39, 0.29) is 17.2 Å². The van der Waals surface area contributed by atoms with Gasteiger partial charge in [0.1, 0.15) is 11.6 Å². The van der Waals surface area contributed by atoms with E-state index in [2.05, 4.69) is 15.5 Å². The molecule has 0 radical (unpaired) electrons. The van der Waals surface area contributed by atoms with Crippen molar-refractivity contribution in [2.75, 3.05) is 11.1 Å². The van der Waals surface area contributed by atoms with Crippen LogP contribution in [0.15, 0.2) is 30.3 Å². The first-order chi connectivity index (χ1) is 8.56. The standard InChI is InChI=1S/C11H8ClFN4O/c12-6-1-2-7(13)9(5-6)15-11(18)8-3-4-10(14)17-16-8/h1-5H,(H2,14,17)(H,15,18). The van der Waals surface area contributed by atoms with Crippen LogP contribution in [0.25, 0.3) is 0 Å². The van der Waals surface area contributed by atoms with Gasteiger partial charge in [0.05, 0.1) is 5.69 Å². The van der Waals surface area contributed by atoms with Gasteiger partial charge < -0.3 is 11.1 Å². The monoisotopic (exact) mass is 266 g/mol. The number of nitrogen functional groups attached to an aromatic ring is 1. The molecule has 0 aliphatic rings. The molecule has 0 bridgehead atoms. The maximum atomic E-state index is 13.4. The number of aromatic nitrogens is 2. The van der Waals surface area contributed by atoms with Crippen molar-refractivity contribution in [2.45, 2.75) is 0 Å². The van der Waals surface area contributed by atoms with Crippen molar-refractivity contribution in [3.8, 4) is 0 Å². The van der Waals surface area contributed by atoms with E-state index in [0.29, 0.717) is 5.02 Å². The number of benzene rings is 1. The summed E-state index contributed by atoms with van der Waals surface area (Å²) < 4.78 is 13.4. The lowest BCUT2D eigenvalue weighted by molar-refractivity contribution is 0.102. The van der Waals surface area contributed by atoms with Crippen LogP contribution in [0.5, 0.6) is 0 Å². The van der Waals surface area contributed by atoms with E-state index < -0.39 is 11.7 Å². The first-order valence-corrected chi connectivity index (χ1v) is 5.29. The number of anilines is 2. The molecule has 5 nitrogen and oxygen atoms in total. The Hall–Kier alpha value is -2.21. The molecular weight excluding hydrogens is 259 g/mol. The van der Waals surface area contributed by atoms with Crippen LogP contribution in [0.4, 0.5) is 15.9 Å². The zero-order valence-electron chi connectivity index (χ0n) is 9.02. The molecule has 7 heteroatoms. The highest BCUT2D eigenvalue weighted by Crippen LogP contribution is 2.19. The molecule has 1 aromatic carbocycles. The topological polar surface area (TPSA) is 80.9 Å². The molecule has 1 heterocycles. The van der Waals surface area contributed by atoms with Gasteiger partial charge in [0.2, 0.25) is 0 Å². The third-order valence-corrected chi connectivity index (χ3v) is 2.33. The minimum atomic E-state index is -0.594. The Labute approximate surface area is 107 Å². The second kappa shape index (κ2) is 4.97. The van der Waals surface area contributed by atoms with Crippen molar-refractivity contribution in [3.05, 3.63) is 46.9 Å². The van der Waals surface area contributed by atoms with Crippen molar-refractivity contribution in [1.82, 2.24) is 10.2 Å². The molecule has 0 unspecified atom stereocenters. The Kier molecular flexibility index (Phi) is 3.38. The summed E-state index contributed by atoms with van der Waals surface area (Å²) in [6.07, 6.45) is 0. The molecule has 3 N–H and O–H groups in total. The molecule has 2 aromatic rings. The lowest BCUT2D eigenvalue weighted by Gasteiger charge is -2.05. The first kappa shape index (κ1) is 12.3. The number of carbonyl (C=O) groups is 1. The van der Waals surface area contributed by atoms with Crippen molar-refractivity contribution in [1.29, 1.82) is 0 Å². The van der Waals surface area contributed by atoms with Gasteiger partial charge >= 0.3 is 0 Å². The van der Waals surface area contributed by atoms with Crippen LogP contribution in [0.1, 0.15) is 10.5 Å². The lowest BCUT2D eigenvalue weighted by atomic mass is 10.3. The molecule has 0 saturated carbocycles. The van der Waals surface area contributed by atoms with Gasteiger partial charge in [-0.15, -0.1) is 10.2 Å². The number of rotatable bonds is 2. The highest BCUT2D eigenvalue weighted by Gasteiger charge is 2.11. The number of nitrogens with one attached hydrogen (secondary N) is 1. The molecule has 0 aliphatic heterocycles. The molecule has 2 rings (SSSR count). The zero-order chi connectivity index (χ0) is 13.1. The maximum Gasteiger partial charge on any atom is 0.276 e. The highest BCUT2D eigenvalue weighted by atomic mass is 35.5. The number of carbonyl (C=O) groups excluding carboxylic acids is 1. The largest absolute Gasteiger partial charge is 0.382 e. The number of amides is 1. The predicted octanol–water partition coefficient (Wildman–Crippen LogP) is 2.10. The number of hydrogen-bond donors (Lipinski definition) is 2. The van der Waals surface area contributed by atoms with E-state index in [4.69, 9.17) is 17.3 Å². The normalized spacial score (nSPS) is 10.1. The molecule has 0 spiro atoms. The first-order valence-electron chi connectivity index (χ1n) is 4.92. The quantitative estimate of drug-likeness (QED) is 0.872. The van der Waals surface area contributed by atoms with Crippen molar-refractivity contribution in [2.24, 2.45) is 0 Å². The van der Waals surface area contributed by atoms with E-state index in [0.717, 1.165) is 6.07 Å². The Morgan fingerprint density at radius 2 is 2.06 bits per heavy atom. The minimum Gasteiger partial charge on any atom is -0.382 e. The van der Waals surface area contributed by atoms with Gasteiger partial charge in [-0.1, -0.05) is 11.6 Å². The summed E-state index contributed by atoms with van der Waals surface area (Å²) in [6.45, 7) is 0. The number of hydrogen-bond acceptors (Lipinski definition) is 4. The summed E-state index contributed by atoms with van der Waals surface area (Å²) in [5.41, 5.74) is 5.35. The molecule has 1 amide bonds. The molecule has 92 valence electrons. The molecule has 0 saturated heterocycles. The van der Waals surface area contributed by atoms with Crippen LogP contribution < -0.4 is 11.1 Å². The fourth-order valence-electron chi connectivity index (χ4n) is 1.24. The van der Waals surface area contributed by atoms with Gasteiger partial charge in [-0.2, -0.15) is 0 Å². The van der Waals surface area contributed by atoms with Crippen LogP contribution >= 0.6 is 11.6 Å². The van der Waals surface area contributed by atoms with Crippen molar-refractivity contribution >= 4 is 29.0 Å². The zero-order valence-corrected chi connectivity index (χ0v) is 9.78. The fourth-order valence-corrected chi connectivity index (χ4v) is 1.42. The van der Waals surface area contributed by atoms with Gasteiger partial charge in [0.25, 0.3) is 5.91 Å². The highest BCUT2D eigenvalue weighted by molar-refractivity contribution is 6.31. The van der Waals surface area contributed by atoms with Gasteiger partial charge in [-0.3, -0.25) is 4.79 Å². The third-order valence-electron chi connectivity index (χ3n) is 2.09. The molecule has 0 atom stereocenters. The second-order valence-electron chi connectivity index (χ2n) is 3.42. The minimum absolute atomic E-state index is 0.0221. The lowest BCUT2D eigenvalue weighted by Crippen LogP contribution is -2.15. The number of nitrogens with zero attached hydrogens (tertiary/aromatic N) is 2. The van der Waals surface area contributed by atoms with E-state index >= 15 is 0 Å². The summed E-state index contributed by atoms with van der Waals surface area (Å²) in [7, 11) is 0. The van der Waals surface area contributed by atoms with E-state index in [9.17, 15) is 9.18 Å². The second-order valence-corrected chi connectivity index (χ2v) is 3.86. The molecule has 0 fully saturated rings. The van der Waals surface area contributed by atoms with Crippen molar-refractivity contribution in [3.63, 3.8) is 0 Å². The summed E-state index contributed by atoms with van der Waals surface area (Å²) in [5, 5.41) is 9.77. The van der Waals surface area contributed by atoms with Crippen LogP contribution in [0, 0.1) is 5.82 Å². The fraction of sp³-hybridized carbons (Fsp3) is 0. The van der Waals surface area contributed by atoms with E-state index in [1.165, 1.54) is 24.3 Å². The summed E-state index contributed by atoms with van der Waals surface area (Å²) in [6, 6.07) is 6.66. The summed E-state index contributed by atoms with van der Waals surface area (Å²) in [5.74, 6) is -0.986. The summed E-state index contributed by atoms with van der Waals surface area (Å²) in [4.78, 5) is 11.7. The van der Waals surface area contributed by atoms with Crippen LogP contribution in [-0.2, 0) is 0 Å². The van der Waals surface area contributed by atoms with Crippen LogP contribution in [0.3, 0.4) is 0 Å². The van der Waals surface area contributed by atoms with Crippen LogP contribution in [0.2, 0.25) is 5.02 Å². The SMILES string of the molecule is Nc1ccc(C(=O)Nc2cc(Cl)ccc2F)nn1. The average Bonchev–Trinajstić information content (AvgIpc) is 2.34. The number of halogens is 2. The van der Waals surface area contributed by atoms with Crippen LogP contribution in [-0.4, -0.2) is 16.1 Å². The Morgan fingerprint density at radius 3 is 2.72 bits per heavy atom. The number of nitrogens with two attached hydrogens (primary N) is 1. The molecule has 18 heavy (non-hydrogen) atoms. The molecule has 1 aromatic heterocycles. The average molecular weight is 267 g/mol. The van der Waals surface area contributed by atoms with Gasteiger partial charge in [0.15, 0.2) is 5.69 Å². The van der Waals surface area contributed by atoms with E-state index in [1.807, 2.05) is 0 Å². The van der Waals surface area contributed by atoms with Gasteiger partial charge in [-0.05, 0) is 30.3 Å². The Morgan fingerprint density at radius 1 is 1.28 bits per heavy atom.